The second-order valence-electron chi connectivity index (χ2n) is 6.12. The Morgan fingerprint density at radius 1 is 1.05 bits per heavy atom. The summed E-state index contributed by atoms with van der Waals surface area (Å²) in [5.41, 5.74) is 4.49. The molecule has 0 bridgehead atoms. The van der Waals surface area contributed by atoms with E-state index in [4.69, 9.17) is 4.98 Å². The Hall–Kier alpha value is -1.74. The molecule has 20 heavy (non-hydrogen) atoms. The summed E-state index contributed by atoms with van der Waals surface area (Å²) in [7, 11) is 0. The number of pyridine rings is 1. The molecule has 0 aliphatic heterocycles. The van der Waals surface area contributed by atoms with Crippen molar-refractivity contribution in [2.24, 2.45) is 0 Å². The maximum Gasteiger partial charge on any atom is 0.142 e. The highest BCUT2D eigenvalue weighted by Crippen LogP contribution is 2.33. The van der Waals surface area contributed by atoms with Crippen LogP contribution in [0.15, 0.2) is 35.7 Å². The third-order valence-electron chi connectivity index (χ3n) is 3.36. The molecule has 2 nitrogen and oxygen atoms in total. The Kier molecular flexibility index (Phi) is 3.09. The van der Waals surface area contributed by atoms with Crippen LogP contribution in [-0.2, 0) is 5.41 Å². The first kappa shape index (κ1) is 13.3. The van der Waals surface area contributed by atoms with E-state index in [0.717, 1.165) is 21.9 Å². The summed E-state index contributed by atoms with van der Waals surface area (Å²) >= 11 is 1.66. The number of para-hydroxylation sites is 1. The molecule has 102 valence electrons. The minimum Gasteiger partial charge on any atom is -0.245 e. The zero-order chi connectivity index (χ0) is 14.3. The van der Waals surface area contributed by atoms with Crippen LogP contribution < -0.4 is 0 Å². The van der Waals surface area contributed by atoms with Gasteiger partial charge in [-0.25, -0.2) is 9.97 Å². The van der Waals surface area contributed by atoms with Crippen molar-refractivity contribution < 1.29 is 0 Å². The molecule has 0 radical (unpaired) electrons. The first-order chi connectivity index (χ1) is 9.45. The molecule has 0 unspecified atom stereocenters. The lowest BCUT2D eigenvalue weighted by Crippen LogP contribution is -2.12. The van der Waals surface area contributed by atoms with Crippen molar-refractivity contribution in [2.75, 3.05) is 0 Å². The van der Waals surface area contributed by atoms with Gasteiger partial charge in [-0.2, -0.15) is 0 Å². The molecular formula is C17H18N2S. The standard InChI is InChI=1S/C17H18N2S/c1-11-10-20-16(18-11)15-9-13(17(2,3)4)12-7-5-6-8-14(12)19-15/h5-10H,1-4H3. The van der Waals surface area contributed by atoms with Crippen LogP contribution in [0.5, 0.6) is 0 Å². The molecule has 3 heteroatoms. The molecule has 0 aliphatic rings. The Morgan fingerprint density at radius 3 is 2.45 bits per heavy atom. The van der Waals surface area contributed by atoms with E-state index >= 15 is 0 Å². The van der Waals surface area contributed by atoms with Crippen LogP contribution in [0.3, 0.4) is 0 Å². The van der Waals surface area contributed by atoms with Gasteiger partial charge in [0, 0.05) is 16.5 Å². The molecule has 0 spiro atoms. The van der Waals surface area contributed by atoms with E-state index in [2.05, 4.69) is 55.4 Å². The molecule has 2 aromatic heterocycles. The van der Waals surface area contributed by atoms with E-state index in [1.807, 2.05) is 13.0 Å². The van der Waals surface area contributed by atoms with Gasteiger partial charge in [0.1, 0.15) is 5.01 Å². The average molecular weight is 282 g/mol. The van der Waals surface area contributed by atoms with Crippen molar-refractivity contribution in [3.8, 4) is 10.7 Å². The Bertz CT molecular complexity index is 766. The Balaban J connectivity index is 2.30. The molecular weight excluding hydrogens is 264 g/mol. The van der Waals surface area contributed by atoms with Gasteiger partial charge in [0.05, 0.1) is 11.2 Å². The largest absolute Gasteiger partial charge is 0.245 e. The number of thiazole rings is 1. The number of aryl methyl sites for hydroxylation is 1. The molecule has 2 heterocycles. The first-order valence-electron chi connectivity index (χ1n) is 6.78. The van der Waals surface area contributed by atoms with Gasteiger partial charge in [0.2, 0.25) is 0 Å². The summed E-state index contributed by atoms with van der Waals surface area (Å²) < 4.78 is 0. The zero-order valence-electron chi connectivity index (χ0n) is 12.3. The fraction of sp³-hybridized carbons (Fsp3) is 0.294. The molecule has 0 N–H and O–H groups in total. The third kappa shape index (κ3) is 2.34. The van der Waals surface area contributed by atoms with E-state index in [-0.39, 0.29) is 5.41 Å². The Labute approximate surface area is 123 Å². The number of fused-ring (bicyclic) bond motifs is 1. The Morgan fingerprint density at radius 2 is 1.80 bits per heavy atom. The maximum atomic E-state index is 4.78. The summed E-state index contributed by atoms with van der Waals surface area (Å²) in [6, 6.07) is 10.5. The monoisotopic (exact) mass is 282 g/mol. The van der Waals surface area contributed by atoms with Crippen LogP contribution in [0.25, 0.3) is 21.6 Å². The summed E-state index contributed by atoms with van der Waals surface area (Å²) in [5, 5.41) is 4.30. The smallest absolute Gasteiger partial charge is 0.142 e. The maximum absolute atomic E-state index is 4.78. The SMILES string of the molecule is Cc1csc(-c2cc(C(C)(C)C)c3ccccc3n2)n1. The van der Waals surface area contributed by atoms with Crippen LogP contribution in [0.2, 0.25) is 0 Å². The van der Waals surface area contributed by atoms with Gasteiger partial charge in [-0.15, -0.1) is 11.3 Å². The first-order valence-corrected chi connectivity index (χ1v) is 7.66. The van der Waals surface area contributed by atoms with Crippen molar-refractivity contribution in [1.29, 1.82) is 0 Å². The highest BCUT2D eigenvalue weighted by atomic mass is 32.1. The topological polar surface area (TPSA) is 25.8 Å². The van der Waals surface area contributed by atoms with Gasteiger partial charge >= 0.3 is 0 Å². The minimum absolute atomic E-state index is 0.0869. The van der Waals surface area contributed by atoms with Crippen molar-refractivity contribution in [1.82, 2.24) is 9.97 Å². The number of nitrogens with zero attached hydrogens (tertiary/aromatic N) is 2. The van der Waals surface area contributed by atoms with Crippen molar-refractivity contribution in [3.63, 3.8) is 0 Å². The molecule has 0 saturated carbocycles. The zero-order valence-corrected chi connectivity index (χ0v) is 13.1. The van der Waals surface area contributed by atoms with Crippen molar-refractivity contribution >= 4 is 22.2 Å². The number of hydrogen-bond acceptors (Lipinski definition) is 3. The number of benzene rings is 1. The van der Waals surface area contributed by atoms with E-state index < -0.39 is 0 Å². The molecule has 3 rings (SSSR count). The predicted molar refractivity (Wildman–Crippen MR) is 86.3 cm³/mol. The molecule has 1 aromatic carbocycles. The fourth-order valence-electron chi connectivity index (χ4n) is 2.38. The fourth-order valence-corrected chi connectivity index (χ4v) is 3.13. The minimum atomic E-state index is 0.0869. The van der Waals surface area contributed by atoms with Gasteiger partial charge in [-0.3, -0.25) is 0 Å². The molecule has 0 saturated heterocycles. The van der Waals surface area contributed by atoms with Gasteiger partial charge < -0.3 is 0 Å². The van der Waals surface area contributed by atoms with E-state index in [9.17, 15) is 0 Å². The lowest BCUT2D eigenvalue weighted by molar-refractivity contribution is 0.595. The number of rotatable bonds is 1. The predicted octanol–water partition coefficient (Wildman–Crippen LogP) is 4.96. The second-order valence-corrected chi connectivity index (χ2v) is 6.97. The average Bonchev–Trinajstić information content (AvgIpc) is 2.83. The number of aromatic nitrogens is 2. The van der Waals surface area contributed by atoms with Gasteiger partial charge in [-0.05, 0) is 30.0 Å². The normalized spacial score (nSPS) is 12.0. The van der Waals surface area contributed by atoms with Crippen molar-refractivity contribution in [2.45, 2.75) is 33.1 Å². The molecule has 0 aliphatic carbocycles. The highest BCUT2D eigenvalue weighted by molar-refractivity contribution is 7.13. The number of hydrogen-bond donors (Lipinski definition) is 0. The summed E-state index contributed by atoms with van der Waals surface area (Å²) in [4.78, 5) is 9.35. The van der Waals surface area contributed by atoms with Crippen LogP contribution in [0.1, 0.15) is 32.0 Å². The second kappa shape index (κ2) is 4.67. The van der Waals surface area contributed by atoms with E-state index in [1.54, 1.807) is 11.3 Å². The third-order valence-corrected chi connectivity index (χ3v) is 4.34. The summed E-state index contributed by atoms with van der Waals surface area (Å²) in [6.07, 6.45) is 0. The van der Waals surface area contributed by atoms with Crippen LogP contribution in [-0.4, -0.2) is 9.97 Å². The van der Waals surface area contributed by atoms with Crippen molar-refractivity contribution in [3.05, 3.63) is 47.0 Å². The van der Waals surface area contributed by atoms with Crippen LogP contribution in [0, 0.1) is 6.92 Å². The lowest BCUT2D eigenvalue weighted by Gasteiger charge is -2.21. The van der Waals surface area contributed by atoms with E-state index in [0.29, 0.717) is 0 Å². The van der Waals surface area contributed by atoms with Gasteiger partial charge in [-0.1, -0.05) is 39.0 Å². The van der Waals surface area contributed by atoms with Crippen LogP contribution >= 0.6 is 11.3 Å². The summed E-state index contributed by atoms with van der Waals surface area (Å²) in [6.45, 7) is 8.74. The molecule has 0 fully saturated rings. The van der Waals surface area contributed by atoms with Gasteiger partial charge in [0.25, 0.3) is 0 Å². The summed E-state index contributed by atoms with van der Waals surface area (Å²) in [5.74, 6) is 0. The molecule has 0 atom stereocenters. The van der Waals surface area contributed by atoms with E-state index in [1.165, 1.54) is 10.9 Å². The van der Waals surface area contributed by atoms with Gasteiger partial charge in [0.15, 0.2) is 0 Å². The van der Waals surface area contributed by atoms with Crippen LogP contribution in [0.4, 0.5) is 0 Å². The highest BCUT2D eigenvalue weighted by Gasteiger charge is 2.19. The lowest BCUT2D eigenvalue weighted by atomic mass is 9.84. The quantitative estimate of drug-likeness (QED) is 0.630. The molecule has 3 aromatic rings. The molecule has 0 amide bonds.